The second-order valence-electron chi connectivity index (χ2n) is 7.74. The van der Waals surface area contributed by atoms with Crippen LogP contribution in [0, 0.1) is 17.8 Å². The summed E-state index contributed by atoms with van der Waals surface area (Å²) in [5.74, 6) is -2.84. The van der Waals surface area contributed by atoms with Gasteiger partial charge in [0.2, 0.25) is 11.8 Å². The standard InChI is InChI=1S/C21H32N2O5/c1-13(2)11-17(15(5)19(24)23-27)20(25)22-18(21(26)28-14(3)4)12-16-9-7-6-8-10-16/h6-10,13-15,17-18,27H,11-12H2,1-5H3,(H,22,25)(H,23,24). The first kappa shape index (κ1) is 23.6. The molecular weight excluding hydrogens is 360 g/mol. The second-order valence-corrected chi connectivity index (χ2v) is 7.74. The molecule has 0 aliphatic rings. The number of hydrogen-bond donors (Lipinski definition) is 3. The molecule has 3 unspecified atom stereocenters. The van der Waals surface area contributed by atoms with Crippen molar-refractivity contribution in [3.63, 3.8) is 0 Å². The highest BCUT2D eigenvalue weighted by atomic mass is 16.5. The van der Waals surface area contributed by atoms with Crippen molar-refractivity contribution in [1.29, 1.82) is 0 Å². The Balaban J connectivity index is 3.02. The summed E-state index contributed by atoms with van der Waals surface area (Å²) in [5.41, 5.74) is 2.49. The number of carbonyl (C=O) groups excluding carboxylic acids is 3. The van der Waals surface area contributed by atoms with Crippen molar-refractivity contribution in [2.45, 2.75) is 59.6 Å². The lowest BCUT2D eigenvalue weighted by Crippen LogP contribution is -2.49. The van der Waals surface area contributed by atoms with Gasteiger partial charge < -0.3 is 10.1 Å². The van der Waals surface area contributed by atoms with E-state index in [2.05, 4.69) is 5.32 Å². The fourth-order valence-corrected chi connectivity index (χ4v) is 2.97. The topological polar surface area (TPSA) is 105 Å². The Morgan fingerprint density at radius 1 is 1.00 bits per heavy atom. The zero-order chi connectivity index (χ0) is 21.3. The molecule has 7 heteroatoms. The molecule has 7 nitrogen and oxygen atoms in total. The SMILES string of the molecule is CC(C)CC(C(=O)NC(Cc1ccccc1)C(=O)OC(C)C)C(C)C(=O)NO. The van der Waals surface area contributed by atoms with Crippen molar-refractivity contribution >= 4 is 17.8 Å². The third-order valence-corrected chi connectivity index (χ3v) is 4.42. The fraction of sp³-hybridized carbons (Fsp3) is 0.571. The van der Waals surface area contributed by atoms with Gasteiger partial charge in [-0.1, -0.05) is 51.1 Å². The highest BCUT2D eigenvalue weighted by Crippen LogP contribution is 2.22. The maximum Gasteiger partial charge on any atom is 0.329 e. The lowest BCUT2D eigenvalue weighted by atomic mass is 9.85. The third-order valence-electron chi connectivity index (χ3n) is 4.42. The van der Waals surface area contributed by atoms with E-state index in [1.165, 1.54) is 0 Å². The number of hydrogen-bond acceptors (Lipinski definition) is 5. The lowest BCUT2D eigenvalue weighted by molar-refractivity contribution is -0.152. The summed E-state index contributed by atoms with van der Waals surface area (Å²) < 4.78 is 5.30. The van der Waals surface area contributed by atoms with Gasteiger partial charge in [-0.05, 0) is 31.7 Å². The molecule has 0 spiro atoms. The van der Waals surface area contributed by atoms with Gasteiger partial charge in [0, 0.05) is 18.3 Å². The molecule has 0 aromatic heterocycles. The minimum Gasteiger partial charge on any atom is -0.461 e. The van der Waals surface area contributed by atoms with Crippen LogP contribution in [0.5, 0.6) is 0 Å². The largest absolute Gasteiger partial charge is 0.461 e. The molecule has 2 amide bonds. The molecule has 28 heavy (non-hydrogen) atoms. The summed E-state index contributed by atoms with van der Waals surface area (Å²) in [7, 11) is 0. The molecule has 0 fully saturated rings. The van der Waals surface area contributed by atoms with Crippen LogP contribution in [0.15, 0.2) is 30.3 Å². The highest BCUT2D eigenvalue weighted by molar-refractivity contribution is 5.90. The number of carbonyl (C=O) groups is 3. The Hall–Kier alpha value is -2.41. The first-order valence-corrected chi connectivity index (χ1v) is 9.64. The monoisotopic (exact) mass is 392 g/mol. The first-order valence-electron chi connectivity index (χ1n) is 9.64. The molecular formula is C21H32N2O5. The van der Waals surface area contributed by atoms with E-state index in [1.807, 2.05) is 44.2 Å². The van der Waals surface area contributed by atoms with Crippen molar-refractivity contribution in [3.8, 4) is 0 Å². The van der Waals surface area contributed by atoms with Gasteiger partial charge in [0.15, 0.2) is 0 Å². The Morgan fingerprint density at radius 2 is 1.61 bits per heavy atom. The maximum atomic E-state index is 13.0. The van der Waals surface area contributed by atoms with Crippen molar-refractivity contribution in [1.82, 2.24) is 10.8 Å². The molecule has 1 aromatic rings. The zero-order valence-corrected chi connectivity index (χ0v) is 17.3. The van der Waals surface area contributed by atoms with Gasteiger partial charge in [-0.3, -0.25) is 14.8 Å². The number of amides is 2. The molecule has 0 bridgehead atoms. The van der Waals surface area contributed by atoms with Gasteiger partial charge in [0.25, 0.3) is 0 Å². The van der Waals surface area contributed by atoms with Crippen molar-refractivity contribution in [2.24, 2.45) is 17.8 Å². The minimum atomic E-state index is -0.864. The summed E-state index contributed by atoms with van der Waals surface area (Å²) in [5, 5.41) is 11.7. The molecule has 1 rings (SSSR count). The Labute approximate surface area is 166 Å². The van der Waals surface area contributed by atoms with E-state index in [0.717, 1.165) is 5.56 Å². The average molecular weight is 392 g/mol. The van der Waals surface area contributed by atoms with Crippen LogP contribution in [0.3, 0.4) is 0 Å². The number of esters is 1. The van der Waals surface area contributed by atoms with Crippen LogP contribution in [-0.4, -0.2) is 35.1 Å². The van der Waals surface area contributed by atoms with Crippen LogP contribution < -0.4 is 10.8 Å². The van der Waals surface area contributed by atoms with Gasteiger partial charge in [-0.2, -0.15) is 0 Å². The fourth-order valence-electron chi connectivity index (χ4n) is 2.97. The smallest absolute Gasteiger partial charge is 0.329 e. The molecule has 0 aliphatic carbocycles. The molecule has 3 atom stereocenters. The van der Waals surface area contributed by atoms with Crippen LogP contribution in [0.1, 0.15) is 46.6 Å². The quantitative estimate of drug-likeness (QED) is 0.322. The van der Waals surface area contributed by atoms with Gasteiger partial charge in [-0.25, -0.2) is 10.3 Å². The van der Waals surface area contributed by atoms with Gasteiger partial charge >= 0.3 is 5.97 Å². The average Bonchev–Trinajstić information content (AvgIpc) is 2.64. The predicted octanol–water partition coefficient (Wildman–Crippen LogP) is 2.47. The predicted molar refractivity (Wildman–Crippen MR) is 105 cm³/mol. The zero-order valence-electron chi connectivity index (χ0n) is 17.3. The summed E-state index contributed by atoms with van der Waals surface area (Å²) in [6, 6.07) is 8.47. The Kier molecular flexibility index (Phi) is 9.65. The number of ether oxygens (including phenoxy) is 1. The summed E-state index contributed by atoms with van der Waals surface area (Å²) in [6.45, 7) is 8.95. The number of hydroxylamine groups is 1. The first-order chi connectivity index (χ1) is 13.1. The van der Waals surface area contributed by atoms with E-state index >= 15 is 0 Å². The summed E-state index contributed by atoms with van der Waals surface area (Å²) in [6.07, 6.45) is 0.415. The Morgan fingerprint density at radius 3 is 2.11 bits per heavy atom. The van der Waals surface area contributed by atoms with E-state index < -0.39 is 35.7 Å². The van der Waals surface area contributed by atoms with E-state index in [-0.39, 0.29) is 18.4 Å². The van der Waals surface area contributed by atoms with Crippen LogP contribution >= 0.6 is 0 Å². The molecule has 0 heterocycles. The molecule has 1 aromatic carbocycles. The summed E-state index contributed by atoms with van der Waals surface area (Å²) in [4.78, 5) is 37.4. The Bertz CT molecular complexity index is 645. The van der Waals surface area contributed by atoms with E-state index in [1.54, 1.807) is 26.3 Å². The van der Waals surface area contributed by atoms with E-state index in [4.69, 9.17) is 9.94 Å². The second kappa shape index (κ2) is 11.4. The highest BCUT2D eigenvalue weighted by Gasteiger charge is 2.33. The van der Waals surface area contributed by atoms with E-state index in [0.29, 0.717) is 6.42 Å². The van der Waals surface area contributed by atoms with Crippen molar-refractivity contribution < 1.29 is 24.3 Å². The van der Waals surface area contributed by atoms with Crippen LogP contribution in [-0.2, 0) is 25.5 Å². The molecule has 156 valence electrons. The van der Waals surface area contributed by atoms with Crippen LogP contribution in [0.4, 0.5) is 0 Å². The molecule has 0 saturated carbocycles. The minimum absolute atomic E-state index is 0.153. The molecule has 0 aliphatic heterocycles. The third kappa shape index (κ3) is 7.68. The number of benzene rings is 1. The maximum absolute atomic E-state index is 13.0. The molecule has 0 saturated heterocycles. The van der Waals surface area contributed by atoms with Crippen LogP contribution in [0.2, 0.25) is 0 Å². The van der Waals surface area contributed by atoms with Gasteiger partial charge in [0.1, 0.15) is 6.04 Å². The number of nitrogens with one attached hydrogen (secondary N) is 2. The summed E-state index contributed by atoms with van der Waals surface area (Å²) >= 11 is 0. The van der Waals surface area contributed by atoms with Crippen molar-refractivity contribution in [3.05, 3.63) is 35.9 Å². The molecule has 3 N–H and O–H groups in total. The number of rotatable bonds is 10. The molecule has 0 radical (unpaired) electrons. The lowest BCUT2D eigenvalue weighted by Gasteiger charge is -2.26. The van der Waals surface area contributed by atoms with E-state index in [9.17, 15) is 14.4 Å². The van der Waals surface area contributed by atoms with Gasteiger partial charge in [-0.15, -0.1) is 0 Å². The van der Waals surface area contributed by atoms with Crippen LogP contribution in [0.25, 0.3) is 0 Å². The normalized spacial score (nSPS) is 14.3. The van der Waals surface area contributed by atoms with Gasteiger partial charge in [0.05, 0.1) is 6.10 Å². The van der Waals surface area contributed by atoms with Crippen molar-refractivity contribution in [2.75, 3.05) is 0 Å².